The van der Waals surface area contributed by atoms with Crippen LogP contribution in [0.4, 0.5) is 35.5 Å². The van der Waals surface area contributed by atoms with Crippen LogP contribution < -0.4 is 0 Å². The fourth-order valence-electron chi connectivity index (χ4n) is 4.79. The lowest BCUT2D eigenvalue weighted by atomic mass is 9.93. The van der Waals surface area contributed by atoms with E-state index in [9.17, 15) is 35.5 Å². The van der Waals surface area contributed by atoms with E-state index >= 15 is 0 Å². The summed E-state index contributed by atoms with van der Waals surface area (Å²) in [7, 11) is 0. The van der Waals surface area contributed by atoms with Gasteiger partial charge in [-0.3, -0.25) is 4.90 Å². The zero-order chi connectivity index (χ0) is 30.4. The molecule has 4 rings (SSSR count). The summed E-state index contributed by atoms with van der Waals surface area (Å²) >= 11 is 7.86. The van der Waals surface area contributed by atoms with Gasteiger partial charge in [-0.05, 0) is 83.8 Å². The Bertz CT molecular complexity index is 1440. The van der Waals surface area contributed by atoms with Crippen LogP contribution in [-0.4, -0.2) is 23.3 Å². The van der Waals surface area contributed by atoms with Crippen LogP contribution in [0.5, 0.6) is 0 Å². The van der Waals surface area contributed by atoms with E-state index in [2.05, 4.69) is 0 Å². The fourth-order valence-corrected chi connectivity index (χ4v) is 5.51. The van der Waals surface area contributed by atoms with Crippen LogP contribution >= 0.6 is 23.4 Å². The molecule has 41 heavy (non-hydrogen) atoms. The average Bonchev–Trinajstić information content (AvgIpc) is 3.16. The van der Waals surface area contributed by atoms with Crippen LogP contribution in [0, 0.1) is 5.82 Å². The zero-order valence-corrected chi connectivity index (χ0v) is 23.8. The summed E-state index contributed by atoms with van der Waals surface area (Å²) in [5, 5.41) is 0.142. The van der Waals surface area contributed by atoms with Crippen LogP contribution in [0.2, 0.25) is 5.02 Å². The van der Waals surface area contributed by atoms with E-state index < -0.39 is 53.1 Å². The quantitative estimate of drug-likeness (QED) is 0.203. The van der Waals surface area contributed by atoms with Crippen molar-refractivity contribution in [2.75, 3.05) is 6.26 Å². The highest BCUT2D eigenvalue weighted by molar-refractivity contribution is 7.98. The van der Waals surface area contributed by atoms with Gasteiger partial charge in [-0.15, -0.1) is 11.8 Å². The van der Waals surface area contributed by atoms with E-state index in [4.69, 9.17) is 16.3 Å². The first kappa shape index (κ1) is 31.0. The Morgan fingerprint density at radius 2 is 1.56 bits per heavy atom. The zero-order valence-electron chi connectivity index (χ0n) is 22.3. The van der Waals surface area contributed by atoms with Crippen molar-refractivity contribution < 1.29 is 40.3 Å². The SMILES string of the molecule is CSc1ccc(-c2cc(C(C)C)c(F)cc2Cl)c(CN2C(=O)O[C@H](c3cc(C(F)(F)F)cc(C(F)(F)F)c3)C2C)c1. The number of hydrogen-bond donors (Lipinski definition) is 0. The largest absolute Gasteiger partial charge is 0.439 e. The minimum Gasteiger partial charge on any atom is -0.439 e. The second kappa shape index (κ2) is 11.4. The van der Waals surface area contributed by atoms with E-state index in [1.165, 1.54) is 29.7 Å². The molecule has 0 radical (unpaired) electrons. The minimum absolute atomic E-state index is 0.0285. The maximum Gasteiger partial charge on any atom is 0.416 e. The van der Waals surface area contributed by atoms with Gasteiger partial charge in [-0.2, -0.15) is 26.3 Å². The van der Waals surface area contributed by atoms with Crippen molar-refractivity contribution in [3.63, 3.8) is 0 Å². The first-order valence-electron chi connectivity index (χ1n) is 12.4. The van der Waals surface area contributed by atoms with Gasteiger partial charge in [0, 0.05) is 10.5 Å². The molecule has 1 heterocycles. The molecular formula is C29H25ClF7NO2S. The van der Waals surface area contributed by atoms with Crippen LogP contribution in [-0.2, 0) is 23.6 Å². The molecule has 3 aromatic rings. The molecule has 2 atom stereocenters. The molecule has 1 unspecified atom stereocenters. The lowest BCUT2D eigenvalue weighted by molar-refractivity contribution is -0.143. The topological polar surface area (TPSA) is 29.5 Å². The number of halogens is 8. The number of amides is 1. The number of benzene rings is 3. The smallest absolute Gasteiger partial charge is 0.416 e. The van der Waals surface area contributed by atoms with Gasteiger partial charge in [0.25, 0.3) is 0 Å². The highest BCUT2D eigenvalue weighted by atomic mass is 35.5. The van der Waals surface area contributed by atoms with E-state index in [1.807, 2.05) is 26.2 Å². The molecule has 0 aliphatic carbocycles. The number of hydrogen-bond acceptors (Lipinski definition) is 3. The Balaban J connectivity index is 1.75. The van der Waals surface area contributed by atoms with Gasteiger partial charge in [-0.1, -0.05) is 31.5 Å². The summed E-state index contributed by atoms with van der Waals surface area (Å²) in [4.78, 5) is 15.0. The van der Waals surface area contributed by atoms with Crippen molar-refractivity contribution in [1.29, 1.82) is 0 Å². The summed E-state index contributed by atoms with van der Waals surface area (Å²) < 4.78 is 101. The highest BCUT2D eigenvalue weighted by Gasteiger charge is 2.43. The number of alkyl halides is 6. The number of cyclic esters (lactones) is 1. The van der Waals surface area contributed by atoms with Crippen LogP contribution in [0.1, 0.15) is 60.6 Å². The summed E-state index contributed by atoms with van der Waals surface area (Å²) in [5.41, 5.74) is -1.28. The van der Waals surface area contributed by atoms with Crippen LogP contribution in [0.3, 0.4) is 0 Å². The molecule has 0 aromatic heterocycles. The van der Waals surface area contributed by atoms with Gasteiger partial charge in [-0.25, -0.2) is 9.18 Å². The van der Waals surface area contributed by atoms with E-state index in [0.717, 1.165) is 4.90 Å². The number of ether oxygens (including phenoxy) is 1. The van der Waals surface area contributed by atoms with Crippen molar-refractivity contribution in [3.8, 4) is 11.1 Å². The van der Waals surface area contributed by atoms with Gasteiger partial charge in [0.2, 0.25) is 0 Å². The Kier molecular flexibility index (Phi) is 8.62. The molecule has 1 aliphatic rings. The second-order valence-corrected chi connectivity index (χ2v) is 11.3. The van der Waals surface area contributed by atoms with Gasteiger partial charge >= 0.3 is 18.4 Å². The van der Waals surface area contributed by atoms with Crippen molar-refractivity contribution >= 4 is 29.5 Å². The molecule has 0 spiro atoms. The highest BCUT2D eigenvalue weighted by Crippen LogP contribution is 2.42. The lowest BCUT2D eigenvalue weighted by Crippen LogP contribution is -2.31. The normalized spacial score (nSPS) is 17.9. The average molecular weight is 620 g/mol. The minimum atomic E-state index is -5.04. The number of thioether (sulfide) groups is 1. The molecule has 0 N–H and O–H groups in total. The molecule has 1 aliphatic heterocycles. The molecule has 0 bridgehead atoms. The third kappa shape index (κ3) is 6.45. The van der Waals surface area contributed by atoms with Crippen LogP contribution in [0.25, 0.3) is 11.1 Å². The predicted molar refractivity (Wildman–Crippen MR) is 143 cm³/mol. The fraction of sp³-hybridized carbons (Fsp3) is 0.345. The van der Waals surface area contributed by atoms with Gasteiger partial charge in [0.1, 0.15) is 11.9 Å². The Labute approximate surface area is 241 Å². The van der Waals surface area contributed by atoms with Crippen molar-refractivity contribution in [1.82, 2.24) is 4.90 Å². The summed E-state index contributed by atoms with van der Waals surface area (Å²) in [6.45, 7) is 5.06. The molecule has 3 aromatic carbocycles. The molecule has 3 nitrogen and oxygen atoms in total. The van der Waals surface area contributed by atoms with Gasteiger partial charge in [0.05, 0.1) is 28.7 Å². The van der Waals surface area contributed by atoms with E-state index in [1.54, 1.807) is 18.2 Å². The molecule has 1 saturated heterocycles. The molecule has 12 heteroatoms. The summed E-state index contributed by atoms with van der Waals surface area (Å²) in [5.74, 6) is -0.613. The monoisotopic (exact) mass is 619 g/mol. The van der Waals surface area contributed by atoms with E-state index in [0.29, 0.717) is 34.4 Å². The van der Waals surface area contributed by atoms with Crippen LogP contribution in [0.15, 0.2) is 53.4 Å². The van der Waals surface area contributed by atoms with Crippen molar-refractivity contribution in [3.05, 3.63) is 87.2 Å². The standard InChI is InChI=1S/C29H25ClF7NO2S/c1-14(2)22-11-23(24(30)12-25(22)31)21-6-5-20(41-4)9-17(21)13-38-15(3)26(40-27(38)39)16-7-18(28(32,33)34)10-19(8-16)29(35,36)37/h5-12,14-15,26H,13H2,1-4H3/t15?,26-/m0/s1. The number of carbonyl (C=O) groups is 1. The molecule has 1 amide bonds. The summed E-state index contributed by atoms with van der Waals surface area (Å²) in [6.07, 6.45) is -10.5. The third-order valence-corrected chi connectivity index (χ3v) is 8.02. The Morgan fingerprint density at radius 1 is 0.951 bits per heavy atom. The van der Waals surface area contributed by atoms with Gasteiger partial charge < -0.3 is 4.74 Å². The first-order chi connectivity index (χ1) is 19.0. The molecular weight excluding hydrogens is 595 g/mol. The molecule has 0 saturated carbocycles. The van der Waals surface area contributed by atoms with Crippen molar-refractivity contribution in [2.45, 2.75) is 62.6 Å². The van der Waals surface area contributed by atoms with Gasteiger partial charge in [0.15, 0.2) is 0 Å². The predicted octanol–water partition coefficient (Wildman–Crippen LogP) is 10.1. The number of nitrogens with zero attached hydrogens (tertiary/aromatic N) is 1. The third-order valence-electron chi connectivity index (χ3n) is 6.98. The maximum atomic E-state index is 14.6. The molecule has 1 fully saturated rings. The van der Waals surface area contributed by atoms with E-state index in [-0.39, 0.29) is 23.6 Å². The summed E-state index contributed by atoms with van der Waals surface area (Å²) in [6, 6.07) is 8.49. The number of carbonyl (C=O) groups excluding carboxylic acids is 1. The Morgan fingerprint density at radius 3 is 2.10 bits per heavy atom. The Hall–Kier alpha value is -2.92. The lowest BCUT2D eigenvalue weighted by Gasteiger charge is -2.24. The first-order valence-corrected chi connectivity index (χ1v) is 14.0. The number of rotatable bonds is 6. The molecule has 220 valence electrons. The second-order valence-electron chi connectivity index (χ2n) is 10.0. The maximum absolute atomic E-state index is 14.6. The van der Waals surface area contributed by atoms with Crippen molar-refractivity contribution in [2.24, 2.45) is 0 Å².